The summed E-state index contributed by atoms with van der Waals surface area (Å²) in [4.78, 5) is 13.9. The van der Waals surface area contributed by atoms with Crippen LogP contribution in [0.25, 0.3) is 0 Å². The van der Waals surface area contributed by atoms with E-state index in [0.29, 0.717) is 5.92 Å². The van der Waals surface area contributed by atoms with E-state index in [0.717, 1.165) is 38.8 Å². The molecule has 0 aromatic rings. The topological polar surface area (TPSA) is 32.3 Å². The van der Waals surface area contributed by atoms with Gasteiger partial charge in [-0.1, -0.05) is 13.3 Å². The van der Waals surface area contributed by atoms with Crippen molar-refractivity contribution in [1.82, 2.24) is 10.2 Å². The number of hydrogen-bond donors (Lipinski definition) is 1. The molecule has 104 valence electrons. The molecule has 1 amide bonds. The van der Waals surface area contributed by atoms with Gasteiger partial charge in [-0.15, -0.1) is 0 Å². The molecule has 0 bridgehead atoms. The predicted molar refractivity (Wildman–Crippen MR) is 65.6 cm³/mol. The molecule has 2 aliphatic rings. The first-order chi connectivity index (χ1) is 8.52. The smallest absolute Gasteiger partial charge is 0.262 e. The summed E-state index contributed by atoms with van der Waals surface area (Å²) in [7, 11) is 0. The molecule has 0 aliphatic carbocycles. The Balaban J connectivity index is 1.89. The zero-order valence-electron chi connectivity index (χ0n) is 10.9. The van der Waals surface area contributed by atoms with Crippen molar-refractivity contribution in [2.45, 2.75) is 51.0 Å². The molecule has 18 heavy (non-hydrogen) atoms. The Hall–Kier alpha value is -0.710. The van der Waals surface area contributed by atoms with Crippen molar-refractivity contribution in [3.8, 4) is 0 Å². The molecular formula is C13H22F2N2O. The van der Waals surface area contributed by atoms with Gasteiger partial charge in [-0.2, -0.15) is 0 Å². The fraction of sp³-hybridized carbons (Fsp3) is 0.923. The highest BCUT2D eigenvalue weighted by molar-refractivity contribution is 5.82. The summed E-state index contributed by atoms with van der Waals surface area (Å²) in [6, 6.07) is -0.682. The molecule has 2 saturated heterocycles. The van der Waals surface area contributed by atoms with Crippen LogP contribution in [0, 0.1) is 5.92 Å². The highest BCUT2D eigenvalue weighted by Gasteiger charge is 2.43. The molecule has 0 spiro atoms. The molecule has 5 heteroatoms. The molecular weight excluding hydrogens is 238 g/mol. The van der Waals surface area contributed by atoms with E-state index in [4.69, 9.17) is 0 Å². The Bertz CT molecular complexity index is 309. The third-order valence-corrected chi connectivity index (χ3v) is 4.14. The molecule has 0 saturated carbocycles. The first kappa shape index (κ1) is 13.7. The van der Waals surface area contributed by atoms with E-state index in [1.54, 1.807) is 4.90 Å². The maximum absolute atomic E-state index is 13.1. The largest absolute Gasteiger partial charge is 0.341 e. The zero-order valence-corrected chi connectivity index (χ0v) is 10.9. The van der Waals surface area contributed by atoms with Gasteiger partial charge < -0.3 is 4.90 Å². The van der Waals surface area contributed by atoms with Crippen molar-refractivity contribution in [2.24, 2.45) is 5.92 Å². The van der Waals surface area contributed by atoms with E-state index in [9.17, 15) is 13.6 Å². The number of amides is 1. The third kappa shape index (κ3) is 3.19. The zero-order chi connectivity index (χ0) is 13.2. The monoisotopic (exact) mass is 260 g/mol. The summed E-state index contributed by atoms with van der Waals surface area (Å²) >= 11 is 0. The molecule has 0 aromatic heterocycles. The molecule has 1 N–H and O–H groups in total. The number of nitrogens with zero attached hydrogens (tertiary/aromatic N) is 1. The molecule has 2 fully saturated rings. The summed E-state index contributed by atoms with van der Waals surface area (Å²) in [6.45, 7) is 3.25. The van der Waals surface area contributed by atoms with Crippen LogP contribution in [-0.4, -0.2) is 42.4 Å². The highest BCUT2D eigenvalue weighted by Crippen LogP contribution is 2.27. The quantitative estimate of drug-likeness (QED) is 0.824. The fourth-order valence-corrected chi connectivity index (χ4v) is 2.90. The van der Waals surface area contributed by atoms with Crippen LogP contribution in [0.1, 0.15) is 39.0 Å². The van der Waals surface area contributed by atoms with E-state index in [1.165, 1.54) is 0 Å². The minimum absolute atomic E-state index is 0.135. The van der Waals surface area contributed by atoms with Gasteiger partial charge in [-0.3, -0.25) is 10.1 Å². The van der Waals surface area contributed by atoms with Gasteiger partial charge in [0.15, 0.2) is 0 Å². The second-order valence-corrected chi connectivity index (χ2v) is 5.52. The first-order valence-electron chi connectivity index (χ1n) is 6.92. The van der Waals surface area contributed by atoms with Gasteiger partial charge in [0.05, 0.1) is 12.6 Å². The highest BCUT2D eigenvalue weighted by atomic mass is 19.3. The average Bonchev–Trinajstić information content (AvgIpc) is 2.57. The standard InChI is InChI=1S/C13H22F2N2O/c1-2-10-4-3-6-17(7-5-10)12(18)11-8-13(14,15)9-16-11/h10-11,16H,2-9H2,1H3. The lowest BCUT2D eigenvalue weighted by Gasteiger charge is -2.24. The number of likely N-dealkylation sites (tertiary alicyclic amines) is 1. The van der Waals surface area contributed by atoms with Gasteiger partial charge in [0.2, 0.25) is 5.91 Å². The van der Waals surface area contributed by atoms with Crippen molar-refractivity contribution in [3.63, 3.8) is 0 Å². The van der Waals surface area contributed by atoms with Crippen molar-refractivity contribution in [3.05, 3.63) is 0 Å². The number of carbonyl (C=O) groups excluding carboxylic acids is 1. The van der Waals surface area contributed by atoms with Crippen LogP contribution in [0.4, 0.5) is 8.78 Å². The van der Waals surface area contributed by atoms with Crippen molar-refractivity contribution in [1.29, 1.82) is 0 Å². The number of alkyl halides is 2. The Labute approximate surface area is 107 Å². The molecule has 0 radical (unpaired) electrons. The Morgan fingerprint density at radius 1 is 1.39 bits per heavy atom. The summed E-state index contributed by atoms with van der Waals surface area (Å²) in [6.07, 6.45) is 3.94. The van der Waals surface area contributed by atoms with Crippen LogP contribution in [0.15, 0.2) is 0 Å². The van der Waals surface area contributed by atoms with Gasteiger partial charge in [0, 0.05) is 19.5 Å². The predicted octanol–water partition coefficient (Wildman–Crippen LogP) is 2.02. The Morgan fingerprint density at radius 3 is 2.78 bits per heavy atom. The molecule has 2 aliphatic heterocycles. The normalized spacial score (nSPS) is 32.3. The van der Waals surface area contributed by atoms with E-state index < -0.39 is 12.0 Å². The van der Waals surface area contributed by atoms with Crippen LogP contribution in [0.2, 0.25) is 0 Å². The minimum atomic E-state index is -2.72. The second kappa shape index (κ2) is 5.51. The maximum atomic E-state index is 13.1. The van der Waals surface area contributed by atoms with E-state index in [1.807, 2.05) is 0 Å². The van der Waals surface area contributed by atoms with Crippen molar-refractivity contribution in [2.75, 3.05) is 19.6 Å². The lowest BCUT2D eigenvalue weighted by Crippen LogP contribution is -2.44. The minimum Gasteiger partial charge on any atom is -0.341 e. The summed E-state index contributed by atoms with van der Waals surface area (Å²) in [5.41, 5.74) is 0. The molecule has 2 rings (SSSR count). The van der Waals surface area contributed by atoms with Crippen LogP contribution < -0.4 is 5.32 Å². The summed E-state index contributed by atoms with van der Waals surface area (Å²) in [5.74, 6) is -2.18. The van der Waals surface area contributed by atoms with E-state index >= 15 is 0 Å². The molecule has 2 unspecified atom stereocenters. The van der Waals surface area contributed by atoms with Gasteiger partial charge in [0.25, 0.3) is 5.92 Å². The van der Waals surface area contributed by atoms with Gasteiger partial charge in [0.1, 0.15) is 0 Å². The fourth-order valence-electron chi connectivity index (χ4n) is 2.90. The molecule has 0 aromatic carbocycles. The second-order valence-electron chi connectivity index (χ2n) is 5.52. The maximum Gasteiger partial charge on any atom is 0.262 e. The SMILES string of the molecule is CCC1CCCN(C(=O)C2CC(F)(F)CN2)CC1. The van der Waals surface area contributed by atoms with Crippen LogP contribution in [0.5, 0.6) is 0 Å². The van der Waals surface area contributed by atoms with Crippen LogP contribution in [-0.2, 0) is 4.79 Å². The number of halogens is 2. The van der Waals surface area contributed by atoms with Crippen molar-refractivity contribution < 1.29 is 13.6 Å². The van der Waals surface area contributed by atoms with Gasteiger partial charge in [-0.25, -0.2) is 8.78 Å². The number of hydrogen-bond acceptors (Lipinski definition) is 2. The number of rotatable bonds is 2. The van der Waals surface area contributed by atoms with Crippen LogP contribution in [0.3, 0.4) is 0 Å². The number of nitrogens with one attached hydrogen (secondary N) is 1. The van der Waals surface area contributed by atoms with E-state index in [-0.39, 0.29) is 18.9 Å². The van der Waals surface area contributed by atoms with Crippen LogP contribution >= 0.6 is 0 Å². The summed E-state index contributed by atoms with van der Waals surface area (Å²) in [5, 5.41) is 2.65. The third-order valence-electron chi connectivity index (χ3n) is 4.14. The number of carbonyl (C=O) groups is 1. The Kier molecular flexibility index (Phi) is 4.20. The molecule has 2 atom stereocenters. The average molecular weight is 260 g/mol. The lowest BCUT2D eigenvalue weighted by atomic mass is 9.98. The van der Waals surface area contributed by atoms with Gasteiger partial charge >= 0.3 is 0 Å². The molecule has 3 nitrogen and oxygen atoms in total. The lowest BCUT2D eigenvalue weighted by molar-refractivity contribution is -0.133. The Morgan fingerprint density at radius 2 is 2.17 bits per heavy atom. The molecule has 2 heterocycles. The van der Waals surface area contributed by atoms with Gasteiger partial charge in [-0.05, 0) is 25.2 Å². The van der Waals surface area contributed by atoms with Crippen molar-refractivity contribution >= 4 is 5.91 Å². The first-order valence-corrected chi connectivity index (χ1v) is 6.92. The summed E-state index contributed by atoms with van der Waals surface area (Å²) < 4.78 is 26.2. The van der Waals surface area contributed by atoms with E-state index in [2.05, 4.69) is 12.2 Å².